The summed E-state index contributed by atoms with van der Waals surface area (Å²) in [7, 11) is 1.59. The molecule has 0 spiro atoms. The van der Waals surface area contributed by atoms with E-state index in [0.717, 1.165) is 16.9 Å². The molecule has 0 saturated heterocycles. The van der Waals surface area contributed by atoms with Gasteiger partial charge in [-0.1, -0.05) is 23.7 Å². The summed E-state index contributed by atoms with van der Waals surface area (Å²) in [6.45, 7) is 0.123. The van der Waals surface area contributed by atoms with Gasteiger partial charge in [-0.3, -0.25) is 9.36 Å². The van der Waals surface area contributed by atoms with Crippen molar-refractivity contribution >= 4 is 33.2 Å². The van der Waals surface area contributed by atoms with Crippen molar-refractivity contribution < 1.29 is 14.6 Å². The molecule has 2 aromatic carbocycles. The number of aliphatic hydroxyl groups is 1. The average molecular weight is 443 g/mol. The second-order valence-electron chi connectivity index (χ2n) is 6.68. The van der Waals surface area contributed by atoms with Crippen molar-refractivity contribution in [2.75, 3.05) is 13.7 Å². The van der Waals surface area contributed by atoms with Crippen molar-refractivity contribution in [1.29, 1.82) is 0 Å². The smallest absolute Gasteiger partial charge is 0.262 e. The maximum Gasteiger partial charge on any atom is 0.262 e. The molecule has 1 atom stereocenters. The molecule has 0 saturated carbocycles. The summed E-state index contributed by atoms with van der Waals surface area (Å²) < 4.78 is 12.1. The topological polar surface area (TPSA) is 73.6 Å². The van der Waals surface area contributed by atoms with Crippen LogP contribution >= 0.6 is 22.9 Å². The number of ether oxygens (including phenoxy) is 2. The van der Waals surface area contributed by atoms with E-state index in [2.05, 4.69) is 4.98 Å². The fourth-order valence-electron chi connectivity index (χ4n) is 3.08. The van der Waals surface area contributed by atoms with Crippen molar-refractivity contribution in [1.82, 2.24) is 9.55 Å². The van der Waals surface area contributed by atoms with Gasteiger partial charge in [-0.15, -0.1) is 11.3 Å². The maximum absolute atomic E-state index is 13.1. The minimum Gasteiger partial charge on any atom is -0.497 e. The number of fused-ring (bicyclic) bond motifs is 1. The molecule has 0 fully saturated rings. The number of thiophene rings is 1. The summed E-state index contributed by atoms with van der Waals surface area (Å²) in [6, 6.07) is 14.4. The third-order valence-electron chi connectivity index (χ3n) is 4.63. The normalized spacial score (nSPS) is 12.1. The fourth-order valence-corrected chi connectivity index (χ4v) is 4.12. The maximum atomic E-state index is 13.1. The largest absolute Gasteiger partial charge is 0.497 e. The highest BCUT2D eigenvalue weighted by Crippen LogP contribution is 2.31. The van der Waals surface area contributed by atoms with E-state index in [-0.39, 0.29) is 18.7 Å². The van der Waals surface area contributed by atoms with Gasteiger partial charge >= 0.3 is 0 Å². The molecule has 0 aliphatic heterocycles. The van der Waals surface area contributed by atoms with Crippen LogP contribution in [0.25, 0.3) is 21.3 Å². The van der Waals surface area contributed by atoms with Crippen molar-refractivity contribution in [3.8, 4) is 22.6 Å². The van der Waals surface area contributed by atoms with Crippen LogP contribution in [-0.2, 0) is 6.54 Å². The highest BCUT2D eigenvalue weighted by Gasteiger charge is 2.15. The number of nitrogens with zero attached hydrogens (tertiary/aromatic N) is 2. The molecule has 154 valence electrons. The molecule has 2 aromatic heterocycles. The van der Waals surface area contributed by atoms with E-state index in [1.807, 2.05) is 17.5 Å². The van der Waals surface area contributed by atoms with E-state index in [1.165, 1.54) is 22.2 Å². The monoisotopic (exact) mass is 442 g/mol. The predicted octanol–water partition coefficient (Wildman–Crippen LogP) is 4.23. The van der Waals surface area contributed by atoms with Crippen LogP contribution < -0.4 is 15.0 Å². The quantitative estimate of drug-likeness (QED) is 0.463. The molecule has 6 nitrogen and oxygen atoms in total. The number of rotatable bonds is 7. The van der Waals surface area contributed by atoms with Gasteiger partial charge in [0.1, 0.15) is 29.0 Å². The predicted molar refractivity (Wildman–Crippen MR) is 119 cm³/mol. The zero-order valence-corrected chi connectivity index (χ0v) is 17.7. The van der Waals surface area contributed by atoms with Crippen LogP contribution in [0, 0.1) is 0 Å². The van der Waals surface area contributed by atoms with Gasteiger partial charge in [0.15, 0.2) is 0 Å². The van der Waals surface area contributed by atoms with E-state index < -0.39 is 6.10 Å². The summed E-state index contributed by atoms with van der Waals surface area (Å²) in [4.78, 5) is 18.1. The first kappa shape index (κ1) is 20.4. The fraction of sp³-hybridized carbons (Fsp3) is 0.182. The molecular formula is C22H19ClN2O4S. The third kappa shape index (κ3) is 4.33. The first-order valence-corrected chi connectivity index (χ1v) is 10.5. The summed E-state index contributed by atoms with van der Waals surface area (Å²) in [5.41, 5.74) is 1.50. The number of aromatic nitrogens is 2. The van der Waals surface area contributed by atoms with Crippen molar-refractivity contribution in [2.24, 2.45) is 0 Å². The van der Waals surface area contributed by atoms with Crippen LogP contribution in [0.1, 0.15) is 0 Å². The lowest BCUT2D eigenvalue weighted by molar-refractivity contribution is 0.0914. The Morgan fingerprint density at radius 2 is 1.83 bits per heavy atom. The Bertz CT molecular complexity index is 1200. The molecule has 2 heterocycles. The molecule has 4 rings (SSSR count). The minimum absolute atomic E-state index is 0.0461. The first-order chi connectivity index (χ1) is 14.5. The number of benzene rings is 2. The second kappa shape index (κ2) is 8.87. The first-order valence-electron chi connectivity index (χ1n) is 9.22. The SMILES string of the molecule is COc1ccc(OC[C@@H](O)Cn2cnc3scc(-c4ccc(Cl)cc4)c3c2=O)cc1. The number of halogens is 1. The number of hydrogen-bond donors (Lipinski definition) is 1. The second-order valence-corrected chi connectivity index (χ2v) is 7.97. The van der Waals surface area contributed by atoms with Gasteiger partial charge in [-0.2, -0.15) is 0 Å². The number of aliphatic hydroxyl groups excluding tert-OH is 1. The molecule has 0 radical (unpaired) electrons. The Hall–Kier alpha value is -2.87. The molecule has 0 amide bonds. The van der Waals surface area contributed by atoms with Crippen molar-refractivity contribution in [2.45, 2.75) is 12.6 Å². The van der Waals surface area contributed by atoms with Crippen molar-refractivity contribution in [3.05, 3.63) is 75.6 Å². The molecule has 30 heavy (non-hydrogen) atoms. The molecule has 0 bridgehead atoms. The van der Waals surface area contributed by atoms with E-state index >= 15 is 0 Å². The standard InChI is InChI=1S/C22H19ClN2O4S/c1-28-17-6-8-18(9-7-17)29-11-16(26)10-25-13-24-21-20(22(25)27)19(12-30-21)14-2-4-15(23)5-3-14/h2-9,12-13,16,26H,10-11H2,1H3/t16-/m0/s1. The minimum atomic E-state index is -0.873. The van der Waals surface area contributed by atoms with Crippen LogP contribution in [0.3, 0.4) is 0 Å². The van der Waals surface area contributed by atoms with Gasteiger partial charge < -0.3 is 14.6 Å². The molecule has 0 aliphatic rings. The molecule has 1 N–H and O–H groups in total. The summed E-state index contributed by atoms with van der Waals surface area (Å²) in [5, 5.41) is 13.5. The molecule has 8 heteroatoms. The summed E-state index contributed by atoms with van der Waals surface area (Å²) in [5.74, 6) is 1.33. The van der Waals surface area contributed by atoms with Crippen LogP contribution in [0.5, 0.6) is 11.5 Å². The third-order valence-corrected chi connectivity index (χ3v) is 5.76. The molecule has 4 aromatic rings. The van der Waals surface area contributed by atoms with Gasteiger partial charge in [0, 0.05) is 16.0 Å². The van der Waals surface area contributed by atoms with E-state index in [0.29, 0.717) is 21.0 Å². The zero-order chi connectivity index (χ0) is 21.1. The lowest BCUT2D eigenvalue weighted by atomic mass is 10.1. The summed E-state index contributed by atoms with van der Waals surface area (Å²) in [6.07, 6.45) is 0.588. The van der Waals surface area contributed by atoms with E-state index in [1.54, 1.807) is 43.5 Å². The number of methoxy groups -OCH3 is 1. The molecule has 0 unspecified atom stereocenters. The van der Waals surface area contributed by atoms with Gasteiger partial charge in [0.2, 0.25) is 0 Å². The van der Waals surface area contributed by atoms with Crippen LogP contribution in [0.2, 0.25) is 5.02 Å². The Morgan fingerprint density at radius 3 is 2.53 bits per heavy atom. The van der Waals surface area contributed by atoms with Gasteiger partial charge in [0.25, 0.3) is 5.56 Å². The van der Waals surface area contributed by atoms with Gasteiger partial charge in [-0.05, 0) is 42.0 Å². The lowest BCUT2D eigenvalue weighted by Gasteiger charge is -2.14. The zero-order valence-electron chi connectivity index (χ0n) is 16.1. The lowest BCUT2D eigenvalue weighted by Crippen LogP contribution is -2.30. The van der Waals surface area contributed by atoms with E-state index in [9.17, 15) is 9.90 Å². The summed E-state index contributed by atoms with van der Waals surface area (Å²) >= 11 is 7.38. The highest BCUT2D eigenvalue weighted by molar-refractivity contribution is 7.17. The molecular weight excluding hydrogens is 424 g/mol. The van der Waals surface area contributed by atoms with Crippen molar-refractivity contribution in [3.63, 3.8) is 0 Å². The Morgan fingerprint density at radius 1 is 1.13 bits per heavy atom. The van der Waals surface area contributed by atoms with E-state index in [4.69, 9.17) is 21.1 Å². The molecule has 0 aliphatic carbocycles. The van der Waals surface area contributed by atoms with Crippen LogP contribution in [0.4, 0.5) is 0 Å². The average Bonchev–Trinajstić information content (AvgIpc) is 3.20. The Labute approximate surface area is 181 Å². The van der Waals surface area contributed by atoms with Crippen LogP contribution in [-0.4, -0.2) is 34.5 Å². The number of hydrogen-bond acceptors (Lipinski definition) is 6. The Balaban J connectivity index is 1.52. The van der Waals surface area contributed by atoms with Gasteiger partial charge in [0.05, 0.1) is 25.4 Å². The van der Waals surface area contributed by atoms with Gasteiger partial charge in [-0.25, -0.2) is 4.98 Å². The highest BCUT2D eigenvalue weighted by atomic mass is 35.5. The van der Waals surface area contributed by atoms with Crippen LogP contribution in [0.15, 0.2) is 65.0 Å². The Kier molecular flexibility index (Phi) is 6.03.